The van der Waals surface area contributed by atoms with Crippen LogP contribution in [0.5, 0.6) is 0 Å². The first-order chi connectivity index (χ1) is 11.6. The van der Waals surface area contributed by atoms with E-state index in [1.165, 1.54) is 5.56 Å². The molecule has 0 saturated heterocycles. The lowest BCUT2D eigenvalue weighted by Crippen LogP contribution is -2.26. The highest BCUT2D eigenvalue weighted by Gasteiger charge is 2.16. The largest absolute Gasteiger partial charge is 0.352 e. The molecule has 0 saturated carbocycles. The van der Waals surface area contributed by atoms with Crippen molar-refractivity contribution in [2.24, 2.45) is 0 Å². The predicted molar refractivity (Wildman–Crippen MR) is 95.1 cm³/mol. The quantitative estimate of drug-likeness (QED) is 0.784. The summed E-state index contributed by atoms with van der Waals surface area (Å²) in [4.78, 5) is 17.2. The fraction of sp³-hybridized carbons (Fsp3) is 0.316. The molecule has 0 aliphatic carbocycles. The number of hydrogen-bond acceptors (Lipinski definition) is 3. The number of amides is 1. The summed E-state index contributed by atoms with van der Waals surface area (Å²) in [5.74, 6) is -0.0789. The van der Waals surface area contributed by atoms with Gasteiger partial charge in [0.2, 0.25) is 0 Å². The van der Waals surface area contributed by atoms with Gasteiger partial charge in [-0.25, -0.2) is 9.67 Å². The van der Waals surface area contributed by atoms with E-state index in [1.807, 2.05) is 35.9 Å². The molecular formula is C19H22N4O. The molecular weight excluding hydrogens is 300 g/mol. The maximum atomic E-state index is 12.6. The van der Waals surface area contributed by atoms with Crippen LogP contribution in [-0.2, 0) is 6.42 Å². The number of nitrogens with zero attached hydrogens (tertiary/aromatic N) is 3. The van der Waals surface area contributed by atoms with Gasteiger partial charge in [-0.15, -0.1) is 0 Å². The summed E-state index contributed by atoms with van der Waals surface area (Å²) < 4.78 is 1.85. The minimum Gasteiger partial charge on any atom is -0.352 e. The Balaban J connectivity index is 1.79. The number of carbonyl (C=O) groups is 1. The van der Waals surface area contributed by atoms with Gasteiger partial charge in [-0.3, -0.25) is 4.79 Å². The van der Waals surface area contributed by atoms with Crippen LogP contribution in [0.2, 0.25) is 0 Å². The van der Waals surface area contributed by atoms with Crippen molar-refractivity contribution in [3.63, 3.8) is 0 Å². The number of fused-ring (bicyclic) bond motifs is 1. The van der Waals surface area contributed by atoms with E-state index in [-0.39, 0.29) is 11.9 Å². The topological polar surface area (TPSA) is 59.8 Å². The number of pyridine rings is 1. The van der Waals surface area contributed by atoms with Crippen molar-refractivity contribution < 1.29 is 4.79 Å². The zero-order valence-electron chi connectivity index (χ0n) is 14.3. The molecule has 3 aromatic rings. The van der Waals surface area contributed by atoms with Gasteiger partial charge in [0.05, 0.1) is 17.1 Å². The average Bonchev–Trinajstić information content (AvgIpc) is 2.98. The van der Waals surface area contributed by atoms with E-state index in [4.69, 9.17) is 0 Å². The molecule has 0 bridgehead atoms. The number of benzene rings is 1. The van der Waals surface area contributed by atoms with E-state index in [1.54, 1.807) is 6.20 Å². The third kappa shape index (κ3) is 3.30. The van der Waals surface area contributed by atoms with Crippen LogP contribution in [0.25, 0.3) is 11.0 Å². The molecule has 0 aliphatic heterocycles. The van der Waals surface area contributed by atoms with Gasteiger partial charge in [-0.1, -0.05) is 30.3 Å². The Morgan fingerprint density at radius 3 is 2.71 bits per heavy atom. The molecule has 0 radical (unpaired) electrons. The highest BCUT2D eigenvalue weighted by Crippen LogP contribution is 2.20. The van der Waals surface area contributed by atoms with Crippen LogP contribution in [0, 0.1) is 6.92 Å². The number of carbonyl (C=O) groups excluding carboxylic acids is 1. The van der Waals surface area contributed by atoms with Crippen molar-refractivity contribution in [1.29, 1.82) is 0 Å². The highest BCUT2D eigenvalue weighted by molar-refractivity contribution is 6.05. The summed E-state index contributed by atoms with van der Waals surface area (Å²) in [6.45, 7) is 6.61. The molecule has 24 heavy (non-hydrogen) atoms. The lowest BCUT2D eigenvalue weighted by atomic mass is 10.1. The first-order valence-electron chi connectivity index (χ1n) is 8.23. The monoisotopic (exact) mass is 322 g/mol. The van der Waals surface area contributed by atoms with Crippen molar-refractivity contribution in [2.45, 2.75) is 33.2 Å². The van der Waals surface area contributed by atoms with E-state index in [0.717, 1.165) is 23.1 Å². The Morgan fingerprint density at radius 2 is 2.00 bits per heavy atom. The van der Waals surface area contributed by atoms with E-state index < -0.39 is 0 Å². The smallest absolute Gasteiger partial charge is 0.252 e. The molecule has 2 aromatic heterocycles. The van der Waals surface area contributed by atoms with Crippen LogP contribution in [0.3, 0.4) is 0 Å². The van der Waals surface area contributed by atoms with E-state index in [0.29, 0.717) is 12.1 Å². The number of nitrogens with one attached hydrogen (secondary N) is 1. The lowest BCUT2D eigenvalue weighted by Gasteiger charge is -2.09. The maximum Gasteiger partial charge on any atom is 0.252 e. The Kier molecular flexibility index (Phi) is 4.60. The zero-order valence-corrected chi connectivity index (χ0v) is 14.3. The molecule has 5 nitrogen and oxygen atoms in total. The van der Waals surface area contributed by atoms with Crippen LogP contribution in [0.15, 0.2) is 42.6 Å². The summed E-state index contributed by atoms with van der Waals surface area (Å²) in [6, 6.07) is 12.2. The molecule has 3 rings (SSSR count). The molecule has 1 aromatic carbocycles. The average molecular weight is 322 g/mol. The summed E-state index contributed by atoms with van der Waals surface area (Å²) >= 11 is 0. The normalized spacial score (nSPS) is 11.2. The number of hydrogen-bond donors (Lipinski definition) is 1. The zero-order chi connectivity index (χ0) is 17.1. The third-order valence-corrected chi connectivity index (χ3v) is 3.97. The van der Waals surface area contributed by atoms with Crippen LogP contribution < -0.4 is 5.32 Å². The van der Waals surface area contributed by atoms with Crippen molar-refractivity contribution >= 4 is 16.9 Å². The molecule has 5 heteroatoms. The lowest BCUT2D eigenvalue weighted by molar-refractivity contribution is 0.0955. The van der Waals surface area contributed by atoms with Crippen molar-refractivity contribution in [3.05, 3.63) is 59.4 Å². The van der Waals surface area contributed by atoms with Crippen LogP contribution >= 0.6 is 0 Å². The second-order valence-corrected chi connectivity index (χ2v) is 6.22. The van der Waals surface area contributed by atoms with Gasteiger partial charge in [-0.2, -0.15) is 5.10 Å². The molecule has 0 atom stereocenters. The Labute approximate surface area is 141 Å². The summed E-state index contributed by atoms with van der Waals surface area (Å²) in [7, 11) is 0. The van der Waals surface area contributed by atoms with Gasteiger partial charge in [0.15, 0.2) is 5.65 Å². The first-order valence-corrected chi connectivity index (χ1v) is 8.23. The fourth-order valence-electron chi connectivity index (χ4n) is 2.77. The summed E-state index contributed by atoms with van der Waals surface area (Å²) in [6.07, 6.45) is 2.54. The maximum absolute atomic E-state index is 12.6. The first kappa shape index (κ1) is 16.2. The van der Waals surface area contributed by atoms with Crippen LogP contribution in [0.1, 0.15) is 41.5 Å². The number of aromatic nitrogens is 3. The van der Waals surface area contributed by atoms with Crippen molar-refractivity contribution in [1.82, 2.24) is 20.1 Å². The molecule has 0 unspecified atom stereocenters. The van der Waals surface area contributed by atoms with Gasteiger partial charge in [0, 0.05) is 18.3 Å². The number of rotatable bonds is 5. The highest BCUT2D eigenvalue weighted by atomic mass is 16.1. The molecule has 0 aliphatic rings. The second kappa shape index (κ2) is 6.83. The van der Waals surface area contributed by atoms with Gasteiger partial charge in [0.25, 0.3) is 5.91 Å². The Bertz CT molecular complexity index is 852. The van der Waals surface area contributed by atoms with Gasteiger partial charge in [-0.05, 0) is 38.8 Å². The Hall–Kier alpha value is -2.69. The molecule has 124 valence electrons. The molecule has 1 N–H and O–H groups in total. The third-order valence-electron chi connectivity index (χ3n) is 3.97. The molecule has 0 spiro atoms. The van der Waals surface area contributed by atoms with Gasteiger partial charge < -0.3 is 5.32 Å². The molecule has 2 heterocycles. The molecule has 1 amide bonds. The minimum absolute atomic E-state index is 0.0789. The van der Waals surface area contributed by atoms with E-state index in [2.05, 4.69) is 41.4 Å². The second-order valence-electron chi connectivity index (χ2n) is 6.22. The minimum atomic E-state index is -0.0789. The molecule has 0 fully saturated rings. The Morgan fingerprint density at radius 1 is 1.25 bits per heavy atom. The fourth-order valence-corrected chi connectivity index (χ4v) is 2.77. The van der Waals surface area contributed by atoms with Crippen LogP contribution in [-0.4, -0.2) is 27.2 Å². The van der Waals surface area contributed by atoms with Crippen molar-refractivity contribution in [2.75, 3.05) is 6.54 Å². The van der Waals surface area contributed by atoms with E-state index in [9.17, 15) is 4.79 Å². The number of aryl methyl sites for hydroxylation is 1. The van der Waals surface area contributed by atoms with Gasteiger partial charge in [0.1, 0.15) is 0 Å². The SMILES string of the molecule is Cc1cc(C(=O)NCCc2ccccc2)c2cnn(C(C)C)c2n1. The summed E-state index contributed by atoms with van der Waals surface area (Å²) in [5.41, 5.74) is 3.43. The van der Waals surface area contributed by atoms with E-state index >= 15 is 0 Å². The van der Waals surface area contributed by atoms with Crippen LogP contribution in [0.4, 0.5) is 0 Å². The summed E-state index contributed by atoms with van der Waals surface area (Å²) in [5, 5.41) is 8.18. The van der Waals surface area contributed by atoms with Crippen molar-refractivity contribution in [3.8, 4) is 0 Å². The predicted octanol–water partition coefficient (Wildman–Crippen LogP) is 3.29. The van der Waals surface area contributed by atoms with Gasteiger partial charge >= 0.3 is 0 Å². The standard InChI is InChI=1S/C19H22N4O/c1-13(2)23-18-17(12-21-23)16(11-14(3)22-18)19(24)20-10-9-15-7-5-4-6-8-15/h4-8,11-13H,9-10H2,1-3H3,(H,20,24).